The van der Waals surface area contributed by atoms with Crippen molar-refractivity contribution >= 4 is 16.9 Å². The number of nitrogens with zero attached hydrogens (tertiary/aromatic N) is 3. The molecule has 1 aromatic carbocycles. The van der Waals surface area contributed by atoms with Crippen LogP contribution in [0.15, 0.2) is 55.0 Å². The lowest BCUT2D eigenvalue weighted by Gasteiger charge is -2.22. The van der Waals surface area contributed by atoms with Gasteiger partial charge in [0.05, 0.1) is 41.1 Å². The smallest absolute Gasteiger partial charge is 0.339 e. The molecule has 0 saturated carbocycles. The number of ether oxygens (including phenoxy) is 1. The molecule has 162 valence electrons. The van der Waals surface area contributed by atoms with Crippen molar-refractivity contribution in [2.45, 2.75) is 19.8 Å². The zero-order valence-electron chi connectivity index (χ0n) is 18.0. The second-order valence-electron chi connectivity index (χ2n) is 8.23. The van der Waals surface area contributed by atoms with Crippen molar-refractivity contribution in [3.8, 4) is 22.6 Å². The minimum Gasteiger partial charge on any atom is -0.462 e. The molecule has 0 radical (unpaired) electrons. The lowest BCUT2D eigenvalue weighted by atomic mass is 10.0. The van der Waals surface area contributed by atoms with Crippen molar-refractivity contribution in [3.05, 3.63) is 66.2 Å². The van der Waals surface area contributed by atoms with Crippen LogP contribution >= 0.6 is 0 Å². The van der Waals surface area contributed by atoms with Gasteiger partial charge in [-0.25, -0.2) is 9.78 Å². The molecule has 1 aliphatic rings. The Kier molecular flexibility index (Phi) is 5.64. The number of nitrogens with one attached hydrogen (secondary N) is 2. The van der Waals surface area contributed by atoms with Crippen LogP contribution in [0.5, 0.6) is 0 Å². The summed E-state index contributed by atoms with van der Waals surface area (Å²) in [5.41, 5.74) is 5.65. The first-order valence-corrected chi connectivity index (χ1v) is 10.9. The van der Waals surface area contributed by atoms with Crippen LogP contribution in [-0.4, -0.2) is 45.6 Å². The summed E-state index contributed by atoms with van der Waals surface area (Å²) in [6.07, 6.45) is 5.46. The Balaban J connectivity index is 1.41. The number of carbonyl (C=O) groups excluding carboxylic acids is 1. The van der Waals surface area contributed by atoms with Gasteiger partial charge in [-0.15, -0.1) is 0 Å². The number of piperidine rings is 1. The summed E-state index contributed by atoms with van der Waals surface area (Å²) in [4.78, 5) is 29.4. The zero-order chi connectivity index (χ0) is 21.9. The summed E-state index contributed by atoms with van der Waals surface area (Å²) >= 11 is 0. The van der Waals surface area contributed by atoms with Crippen molar-refractivity contribution in [2.75, 3.05) is 19.7 Å². The monoisotopic (exact) mass is 427 g/mol. The van der Waals surface area contributed by atoms with Crippen LogP contribution in [0.4, 0.5) is 0 Å². The van der Waals surface area contributed by atoms with Gasteiger partial charge < -0.3 is 15.0 Å². The van der Waals surface area contributed by atoms with Gasteiger partial charge in [0.2, 0.25) is 0 Å². The Morgan fingerprint density at radius 3 is 2.97 bits per heavy atom. The number of hydrogen-bond donors (Lipinski definition) is 2. The molecule has 32 heavy (non-hydrogen) atoms. The number of pyridine rings is 2. The molecular weight excluding hydrogens is 402 g/mol. The lowest BCUT2D eigenvalue weighted by Crippen LogP contribution is -2.32. The van der Waals surface area contributed by atoms with Crippen LogP contribution in [0.25, 0.3) is 33.5 Å². The van der Waals surface area contributed by atoms with E-state index in [4.69, 9.17) is 4.74 Å². The molecule has 0 spiro atoms. The minimum atomic E-state index is -0.334. The van der Waals surface area contributed by atoms with Gasteiger partial charge in [0.15, 0.2) is 0 Å². The van der Waals surface area contributed by atoms with Gasteiger partial charge in [-0.05, 0) is 56.6 Å². The molecule has 4 aromatic rings. The molecule has 0 aliphatic carbocycles. The van der Waals surface area contributed by atoms with Crippen molar-refractivity contribution in [3.63, 3.8) is 0 Å². The van der Waals surface area contributed by atoms with Gasteiger partial charge in [0.25, 0.3) is 0 Å². The predicted molar refractivity (Wildman–Crippen MR) is 123 cm³/mol. The first-order chi connectivity index (χ1) is 15.7. The maximum Gasteiger partial charge on any atom is 0.339 e. The van der Waals surface area contributed by atoms with Crippen LogP contribution in [0, 0.1) is 12.8 Å². The fourth-order valence-electron chi connectivity index (χ4n) is 4.12. The Morgan fingerprint density at radius 2 is 2.12 bits per heavy atom. The van der Waals surface area contributed by atoms with Crippen molar-refractivity contribution in [2.24, 2.45) is 5.92 Å². The summed E-state index contributed by atoms with van der Waals surface area (Å²) in [5, 5.41) is 4.21. The highest BCUT2D eigenvalue weighted by Crippen LogP contribution is 2.30. The van der Waals surface area contributed by atoms with Crippen molar-refractivity contribution in [1.29, 1.82) is 0 Å². The summed E-state index contributed by atoms with van der Waals surface area (Å²) in [6, 6.07) is 13.7. The molecule has 1 saturated heterocycles. The van der Waals surface area contributed by atoms with E-state index in [9.17, 15) is 4.79 Å². The molecule has 7 heteroatoms. The molecule has 2 N–H and O–H groups in total. The van der Waals surface area contributed by atoms with E-state index in [-0.39, 0.29) is 5.97 Å². The Labute approximate surface area is 186 Å². The zero-order valence-corrected chi connectivity index (χ0v) is 18.0. The van der Waals surface area contributed by atoms with Gasteiger partial charge in [0, 0.05) is 35.3 Å². The molecule has 4 heterocycles. The number of esters is 1. The summed E-state index contributed by atoms with van der Waals surface area (Å²) in [6.45, 7) is 4.34. The number of aryl methyl sites for hydroxylation is 1. The van der Waals surface area contributed by atoms with Gasteiger partial charge in [0.1, 0.15) is 0 Å². The van der Waals surface area contributed by atoms with Crippen molar-refractivity contribution in [1.82, 2.24) is 25.3 Å². The third-order valence-electron chi connectivity index (χ3n) is 5.82. The van der Waals surface area contributed by atoms with Gasteiger partial charge in [-0.1, -0.05) is 12.1 Å². The highest BCUT2D eigenvalue weighted by atomic mass is 16.5. The molecular formula is C25H25N5O2. The molecule has 1 atom stereocenters. The number of aromatic amines is 1. The van der Waals surface area contributed by atoms with Gasteiger partial charge >= 0.3 is 5.97 Å². The molecule has 7 nitrogen and oxygen atoms in total. The Morgan fingerprint density at radius 1 is 1.19 bits per heavy atom. The van der Waals surface area contributed by atoms with Crippen LogP contribution < -0.4 is 5.32 Å². The maximum atomic E-state index is 12.6. The molecule has 0 unspecified atom stereocenters. The fraction of sp³-hybridized carbons (Fsp3) is 0.280. The molecule has 0 amide bonds. The van der Waals surface area contributed by atoms with Crippen LogP contribution in [0.1, 0.15) is 28.9 Å². The Hall–Kier alpha value is -3.58. The first kappa shape index (κ1) is 20.3. The van der Waals surface area contributed by atoms with E-state index in [1.807, 2.05) is 49.4 Å². The average Bonchev–Trinajstić information content (AvgIpc) is 3.32. The normalized spacial score (nSPS) is 16.2. The number of aromatic nitrogens is 4. The second-order valence-corrected chi connectivity index (χ2v) is 8.23. The number of rotatable bonds is 5. The molecule has 0 bridgehead atoms. The number of hydrogen-bond acceptors (Lipinski definition) is 6. The molecule has 5 rings (SSSR count). The maximum absolute atomic E-state index is 12.6. The molecule has 1 aliphatic heterocycles. The van der Waals surface area contributed by atoms with E-state index in [0.717, 1.165) is 65.2 Å². The van der Waals surface area contributed by atoms with Crippen LogP contribution in [0.3, 0.4) is 0 Å². The number of imidazole rings is 1. The Bertz CT molecular complexity index is 1260. The van der Waals surface area contributed by atoms with E-state index in [1.165, 1.54) is 0 Å². The van der Waals surface area contributed by atoms with E-state index in [2.05, 4.69) is 25.3 Å². The first-order valence-electron chi connectivity index (χ1n) is 10.9. The highest BCUT2D eigenvalue weighted by molar-refractivity contribution is 5.95. The van der Waals surface area contributed by atoms with Crippen LogP contribution in [-0.2, 0) is 4.74 Å². The standard InChI is InChI=1S/C25H25N5O2/c1-16-4-2-6-22(30-16)24-23(28-15-29-24)18-7-8-21-19(10-18)11-20(13-27-21)25(31)32-14-17-5-3-9-26-12-17/h2,4,6-8,10-11,13,15,17,26H,3,5,9,12,14H2,1H3,(H,28,29)/t17-/m0/s1. The number of fused-ring (bicyclic) bond motifs is 1. The van der Waals surface area contributed by atoms with Crippen molar-refractivity contribution < 1.29 is 9.53 Å². The average molecular weight is 428 g/mol. The van der Waals surface area contributed by atoms with Gasteiger partial charge in [-0.2, -0.15) is 0 Å². The SMILES string of the molecule is Cc1cccc(-c2[nH]cnc2-c2ccc3ncc(C(=O)OC[C@H]4CCCNC4)cc3c2)n1. The topological polar surface area (TPSA) is 92.8 Å². The summed E-state index contributed by atoms with van der Waals surface area (Å²) in [7, 11) is 0. The quantitative estimate of drug-likeness (QED) is 0.465. The third kappa shape index (κ3) is 4.24. The second kappa shape index (κ2) is 8.88. The van der Waals surface area contributed by atoms with E-state index in [0.29, 0.717) is 18.1 Å². The van der Waals surface area contributed by atoms with E-state index < -0.39 is 0 Å². The van der Waals surface area contributed by atoms with E-state index >= 15 is 0 Å². The van der Waals surface area contributed by atoms with E-state index in [1.54, 1.807) is 12.5 Å². The number of benzene rings is 1. The highest BCUT2D eigenvalue weighted by Gasteiger charge is 2.17. The number of H-pyrrole nitrogens is 1. The number of carbonyl (C=O) groups is 1. The predicted octanol–water partition coefficient (Wildman–Crippen LogP) is 4.15. The van der Waals surface area contributed by atoms with Gasteiger partial charge in [-0.3, -0.25) is 9.97 Å². The van der Waals surface area contributed by atoms with Crippen LogP contribution in [0.2, 0.25) is 0 Å². The lowest BCUT2D eigenvalue weighted by molar-refractivity contribution is 0.0420. The molecule has 1 fully saturated rings. The minimum absolute atomic E-state index is 0.334. The third-order valence-corrected chi connectivity index (χ3v) is 5.82. The fourth-order valence-corrected chi connectivity index (χ4v) is 4.12. The molecule has 3 aromatic heterocycles. The summed E-state index contributed by atoms with van der Waals surface area (Å²) < 4.78 is 5.56. The summed E-state index contributed by atoms with van der Waals surface area (Å²) in [5.74, 6) is 0.0424. The largest absolute Gasteiger partial charge is 0.462 e.